The molecule has 1 fully saturated rings. The van der Waals surface area contributed by atoms with Crippen molar-refractivity contribution in [3.8, 4) is 0 Å². The molecule has 1 aliphatic rings. The van der Waals surface area contributed by atoms with Gasteiger partial charge in [0.2, 0.25) is 0 Å². The van der Waals surface area contributed by atoms with Crippen LogP contribution in [0, 0.1) is 5.82 Å². The van der Waals surface area contributed by atoms with Gasteiger partial charge in [0.15, 0.2) is 0 Å². The number of hydrogen-bond acceptors (Lipinski definition) is 5. The van der Waals surface area contributed by atoms with Crippen LogP contribution in [0.15, 0.2) is 35.8 Å². The van der Waals surface area contributed by atoms with Crippen molar-refractivity contribution in [1.82, 2.24) is 9.88 Å². The van der Waals surface area contributed by atoms with Gasteiger partial charge in [-0.3, -0.25) is 4.90 Å². The van der Waals surface area contributed by atoms with Gasteiger partial charge in [0.05, 0.1) is 12.7 Å². The Morgan fingerprint density at radius 3 is 3.19 bits per heavy atom. The average molecular weight is 308 g/mol. The van der Waals surface area contributed by atoms with E-state index in [-0.39, 0.29) is 11.9 Å². The molecule has 112 valence electrons. The molecule has 21 heavy (non-hydrogen) atoms. The lowest BCUT2D eigenvalue weighted by molar-refractivity contribution is -0.0424. The van der Waals surface area contributed by atoms with E-state index in [9.17, 15) is 9.50 Å². The van der Waals surface area contributed by atoms with Gasteiger partial charge in [0, 0.05) is 31.2 Å². The summed E-state index contributed by atoms with van der Waals surface area (Å²) < 4.78 is 18.9. The maximum absolute atomic E-state index is 13.2. The largest absolute Gasteiger partial charge is 0.387 e. The van der Waals surface area contributed by atoms with Crippen molar-refractivity contribution in [3.05, 3.63) is 52.2 Å². The Morgan fingerprint density at radius 2 is 2.43 bits per heavy atom. The zero-order valence-corrected chi connectivity index (χ0v) is 12.3. The number of aliphatic hydroxyl groups is 1. The van der Waals surface area contributed by atoms with Crippen LogP contribution in [0.5, 0.6) is 0 Å². The number of rotatable bonds is 4. The second-order valence-electron chi connectivity index (χ2n) is 5.06. The maximum Gasteiger partial charge on any atom is 0.123 e. The van der Waals surface area contributed by atoms with E-state index in [1.807, 2.05) is 5.38 Å². The third kappa shape index (κ3) is 3.65. The number of aliphatic hydroxyl groups excluding tert-OH is 1. The van der Waals surface area contributed by atoms with Gasteiger partial charge in [-0.05, 0) is 17.7 Å². The van der Waals surface area contributed by atoms with Crippen LogP contribution in [-0.2, 0) is 4.74 Å². The molecule has 4 nitrogen and oxygen atoms in total. The molecule has 0 bridgehead atoms. The van der Waals surface area contributed by atoms with Gasteiger partial charge >= 0.3 is 0 Å². The lowest BCUT2D eigenvalue weighted by Crippen LogP contribution is -2.40. The first-order valence-electron chi connectivity index (χ1n) is 6.89. The Kier molecular flexibility index (Phi) is 4.60. The summed E-state index contributed by atoms with van der Waals surface area (Å²) in [5.74, 6) is -0.325. The summed E-state index contributed by atoms with van der Waals surface area (Å²) in [6, 6.07) is 6.12. The first-order chi connectivity index (χ1) is 10.2. The topological polar surface area (TPSA) is 45.6 Å². The van der Waals surface area contributed by atoms with Gasteiger partial charge < -0.3 is 9.84 Å². The van der Waals surface area contributed by atoms with Gasteiger partial charge in [0.1, 0.15) is 16.9 Å². The first kappa shape index (κ1) is 14.6. The van der Waals surface area contributed by atoms with Gasteiger partial charge in [-0.1, -0.05) is 12.1 Å². The quantitative estimate of drug-likeness (QED) is 0.942. The molecule has 1 aromatic carbocycles. The van der Waals surface area contributed by atoms with E-state index in [0.29, 0.717) is 25.3 Å². The Balaban J connectivity index is 1.62. The third-order valence-electron chi connectivity index (χ3n) is 3.54. The minimum absolute atomic E-state index is 0.0431. The van der Waals surface area contributed by atoms with E-state index in [0.717, 1.165) is 11.6 Å². The molecule has 0 spiro atoms. The van der Waals surface area contributed by atoms with Crippen molar-refractivity contribution < 1.29 is 14.2 Å². The first-order valence-corrected chi connectivity index (χ1v) is 7.77. The number of benzene rings is 1. The molecular formula is C15H17FN2O2S. The minimum atomic E-state index is -0.698. The zero-order chi connectivity index (χ0) is 14.7. The zero-order valence-electron chi connectivity index (χ0n) is 11.5. The molecule has 0 amide bonds. The summed E-state index contributed by atoms with van der Waals surface area (Å²) in [5.41, 5.74) is 0.604. The van der Waals surface area contributed by atoms with Crippen LogP contribution in [0.3, 0.4) is 0 Å². The average Bonchev–Trinajstić information content (AvgIpc) is 3.02. The lowest BCUT2D eigenvalue weighted by atomic mass is 10.1. The molecular weight excluding hydrogens is 291 g/mol. The minimum Gasteiger partial charge on any atom is -0.387 e. The second-order valence-corrected chi connectivity index (χ2v) is 5.99. The Hall–Kier alpha value is -1.34. The van der Waals surface area contributed by atoms with Crippen LogP contribution in [0.2, 0.25) is 0 Å². The number of halogens is 1. The Labute approximate surface area is 126 Å². The van der Waals surface area contributed by atoms with Gasteiger partial charge in [-0.2, -0.15) is 0 Å². The fraction of sp³-hybridized carbons (Fsp3) is 0.400. The van der Waals surface area contributed by atoms with Gasteiger partial charge in [0.25, 0.3) is 0 Å². The predicted molar refractivity (Wildman–Crippen MR) is 78.6 cm³/mol. The van der Waals surface area contributed by atoms with E-state index in [1.165, 1.54) is 12.1 Å². The summed E-state index contributed by atoms with van der Waals surface area (Å²) in [5, 5.41) is 13.1. The monoisotopic (exact) mass is 308 g/mol. The molecule has 1 saturated heterocycles. The van der Waals surface area contributed by atoms with Crippen molar-refractivity contribution >= 4 is 11.3 Å². The van der Waals surface area contributed by atoms with E-state index in [2.05, 4.69) is 9.88 Å². The van der Waals surface area contributed by atoms with E-state index in [1.54, 1.807) is 29.7 Å². The summed E-state index contributed by atoms with van der Waals surface area (Å²) >= 11 is 1.57. The van der Waals surface area contributed by atoms with E-state index < -0.39 is 6.10 Å². The summed E-state index contributed by atoms with van der Waals surface area (Å²) in [6.45, 7) is 2.53. The van der Waals surface area contributed by atoms with Crippen molar-refractivity contribution in [2.24, 2.45) is 0 Å². The fourth-order valence-electron chi connectivity index (χ4n) is 2.48. The third-order valence-corrected chi connectivity index (χ3v) is 4.41. The van der Waals surface area contributed by atoms with Crippen LogP contribution >= 0.6 is 11.3 Å². The van der Waals surface area contributed by atoms with Crippen LogP contribution in [0.4, 0.5) is 4.39 Å². The molecule has 2 unspecified atom stereocenters. The molecule has 2 aromatic rings. The molecule has 0 saturated carbocycles. The predicted octanol–water partition coefficient (Wildman–Crippen LogP) is 2.39. The van der Waals surface area contributed by atoms with Crippen LogP contribution < -0.4 is 0 Å². The van der Waals surface area contributed by atoms with Crippen LogP contribution in [0.1, 0.15) is 22.8 Å². The van der Waals surface area contributed by atoms with E-state index in [4.69, 9.17) is 4.74 Å². The molecule has 0 aliphatic carbocycles. The molecule has 1 aliphatic heterocycles. The summed E-state index contributed by atoms with van der Waals surface area (Å²) in [7, 11) is 0. The smallest absolute Gasteiger partial charge is 0.123 e. The molecule has 1 N–H and O–H groups in total. The highest BCUT2D eigenvalue weighted by atomic mass is 32.1. The molecule has 1 aromatic heterocycles. The summed E-state index contributed by atoms with van der Waals surface area (Å²) in [6.07, 6.45) is 1.03. The number of hydrogen-bond donors (Lipinski definition) is 1. The molecule has 6 heteroatoms. The van der Waals surface area contributed by atoms with Crippen molar-refractivity contribution in [3.63, 3.8) is 0 Å². The number of aromatic nitrogens is 1. The SMILES string of the molecule is OC(CN1CCOC(c2nccs2)C1)c1cccc(F)c1. The van der Waals surface area contributed by atoms with Gasteiger partial charge in [-0.25, -0.2) is 9.37 Å². The highest BCUT2D eigenvalue weighted by Crippen LogP contribution is 2.25. The fourth-order valence-corrected chi connectivity index (χ4v) is 3.15. The lowest BCUT2D eigenvalue weighted by Gasteiger charge is -2.33. The normalized spacial score (nSPS) is 21.3. The maximum atomic E-state index is 13.2. The van der Waals surface area contributed by atoms with Crippen LogP contribution in [-0.4, -0.2) is 41.2 Å². The molecule has 2 atom stereocenters. The Bertz CT molecular complexity index is 579. The van der Waals surface area contributed by atoms with E-state index >= 15 is 0 Å². The van der Waals surface area contributed by atoms with Crippen molar-refractivity contribution in [2.45, 2.75) is 12.2 Å². The number of ether oxygens (including phenoxy) is 1. The molecule has 3 rings (SSSR count). The van der Waals surface area contributed by atoms with Gasteiger partial charge in [-0.15, -0.1) is 11.3 Å². The van der Waals surface area contributed by atoms with Crippen LogP contribution in [0.25, 0.3) is 0 Å². The second kappa shape index (κ2) is 6.62. The highest BCUT2D eigenvalue weighted by molar-refractivity contribution is 7.09. The number of nitrogens with zero attached hydrogens (tertiary/aromatic N) is 2. The number of morpholine rings is 1. The van der Waals surface area contributed by atoms with Crippen molar-refractivity contribution in [1.29, 1.82) is 0 Å². The molecule has 2 heterocycles. The summed E-state index contributed by atoms with van der Waals surface area (Å²) in [4.78, 5) is 6.41. The molecule has 0 radical (unpaired) electrons. The number of thiazole rings is 1. The Morgan fingerprint density at radius 1 is 1.52 bits per heavy atom. The highest BCUT2D eigenvalue weighted by Gasteiger charge is 2.25. The number of β-amino-alcohol motifs (C(OH)–C–C–N with tert-alkyl or cyclic N) is 1. The standard InChI is InChI=1S/C15H17FN2O2S/c16-12-3-1-2-11(8-12)13(19)9-18-5-6-20-14(10-18)15-17-4-7-21-15/h1-4,7-8,13-14,19H,5-6,9-10H2. The van der Waals surface area contributed by atoms with Crippen molar-refractivity contribution in [2.75, 3.05) is 26.2 Å².